The van der Waals surface area contributed by atoms with Crippen LogP contribution in [0.25, 0.3) is 10.3 Å². The van der Waals surface area contributed by atoms with Crippen molar-refractivity contribution in [3.8, 4) is 0 Å². The van der Waals surface area contributed by atoms with Gasteiger partial charge in [0, 0.05) is 0 Å². The minimum absolute atomic E-state index is 0.0468. The molecule has 2 aromatic rings. The van der Waals surface area contributed by atoms with Gasteiger partial charge in [0.15, 0.2) is 0 Å². The number of aromatic carboxylic acids is 1. The third-order valence-electron chi connectivity index (χ3n) is 1.26. The number of nitrogens with zero attached hydrogens (tertiary/aromatic N) is 3. The molecule has 0 amide bonds. The predicted octanol–water partition coefficient (Wildman–Crippen LogP) is 0.784. The van der Waals surface area contributed by atoms with Crippen LogP contribution in [-0.4, -0.2) is 26.0 Å². The molecule has 0 aliphatic carbocycles. The van der Waals surface area contributed by atoms with E-state index in [-0.39, 0.29) is 5.01 Å². The molecule has 0 spiro atoms. The molecule has 0 saturated heterocycles. The van der Waals surface area contributed by atoms with E-state index >= 15 is 0 Å². The maximum atomic E-state index is 10.5. The van der Waals surface area contributed by atoms with Crippen molar-refractivity contribution in [3.63, 3.8) is 0 Å². The van der Waals surface area contributed by atoms with Crippen LogP contribution in [0.4, 0.5) is 0 Å². The molecule has 12 heavy (non-hydrogen) atoms. The molecule has 0 fully saturated rings. The molecular weight excluding hydrogens is 178 g/mol. The second-order valence-electron chi connectivity index (χ2n) is 2.04. The average molecular weight is 181 g/mol. The normalized spacial score (nSPS) is 10.3. The summed E-state index contributed by atoms with van der Waals surface area (Å²) >= 11 is 1.04. The lowest BCUT2D eigenvalue weighted by molar-refractivity contribution is 0.0696. The van der Waals surface area contributed by atoms with Gasteiger partial charge in [0.2, 0.25) is 5.01 Å². The predicted molar refractivity (Wildman–Crippen MR) is 42.2 cm³/mol. The van der Waals surface area contributed by atoms with Gasteiger partial charge in [-0.25, -0.2) is 19.7 Å². The second-order valence-corrected chi connectivity index (χ2v) is 3.01. The summed E-state index contributed by atoms with van der Waals surface area (Å²) in [6, 6.07) is 0. The number of fused-ring (bicyclic) bond motifs is 1. The van der Waals surface area contributed by atoms with Crippen molar-refractivity contribution in [2.75, 3.05) is 0 Å². The van der Waals surface area contributed by atoms with Gasteiger partial charge in [-0.15, -0.1) is 0 Å². The molecule has 1 N–H and O–H groups in total. The van der Waals surface area contributed by atoms with Gasteiger partial charge in [-0.05, 0) is 0 Å². The largest absolute Gasteiger partial charge is 0.476 e. The fourth-order valence-electron chi connectivity index (χ4n) is 0.782. The molecule has 6 heteroatoms. The zero-order valence-electron chi connectivity index (χ0n) is 5.76. The molecule has 0 aromatic carbocycles. The second kappa shape index (κ2) is 2.49. The number of carbonyl (C=O) groups is 1. The highest BCUT2D eigenvalue weighted by Crippen LogP contribution is 2.17. The zero-order chi connectivity index (χ0) is 8.55. The quantitative estimate of drug-likeness (QED) is 0.703. The van der Waals surface area contributed by atoms with Gasteiger partial charge in [0.1, 0.15) is 16.7 Å². The number of aromatic nitrogens is 3. The van der Waals surface area contributed by atoms with Crippen LogP contribution in [0, 0.1) is 0 Å². The van der Waals surface area contributed by atoms with Crippen LogP contribution in [0.5, 0.6) is 0 Å². The van der Waals surface area contributed by atoms with Gasteiger partial charge < -0.3 is 5.11 Å². The monoisotopic (exact) mass is 181 g/mol. The summed E-state index contributed by atoms with van der Waals surface area (Å²) in [5.74, 6) is -1.03. The van der Waals surface area contributed by atoms with Crippen LogP contribution in [-0.2, 0) is 0 Å². The first-order valence-electron chi connectivity index (χ1n) is 3.07. The van der Waals surface area contributed by atoms with E-state index in [1.807, 2.05) is 0 Å². The van der Waals surface area contributed by atoms with Crippen molar-refractivity contribution >= 4 is 27.7 Å². The van der Waals surface area contributed by atoms with Gasteiger partial charge >= 0.3 is 5.97 Å². The molecule has 0 saturated carbocycles. The highest BCUT2D eigenvalue weighted by atomic mass is 32.1. The Morgan fingerprint density at radius 2 is 2.42 bits per heavy atom. The SMILES string of the molecule is O=C(O)c1nc2cncnc2s1. The topological polar surface area (TPSA) is 76.0 Å². The number of thiazole rings is 1. The molecule has 5 nitrogen and oxygen atoms in total. The van der Waals surface area contributed by atoms with E-state index in [0.717, 1.165) is 11.3 Å². The summed E-state index contributed by atoms with van der Waals surface area (Å²) in [6.45, 7) is 0. The summed E-state index contributed by atoms with van der Waals surface area (Å²) < 4.78 is 0. The lowest BCUT2D eigenvalue weighted by Gasteiger charge is -1.79. The molecule has 2 heterocycles. The molecular formula is C6H3N3O2S. The number of carboxylic acid groups (broad SMARTS) is 1. The Labute approximate surface area is 70.7 Å². The van der Waals surface area contributed by atoms with Gasteiger partial charge in [-0.2, -0.15) is 0 Å². The zero-order valence-corrected chi connectivity index (χ0v) is 6.58. The fraction of sp³-hybridized carbons (Fsp3) is 0. The van der Waals surface area contributed by atoms with Crippen molar-refractivity contribution < 1.29 is 9.90 Å². The van der Waals surface area contributed by atoms with Crippen LogP contribution >= 0.6 is 11.3 Å². The lowest BCUT2D eigenvalue weighted by Crippen LogP contribution is -1.93. The standard InChI is InChI=1S/C6H3N3O2S/c10-6(11)5-9-3-1-7-2-8-4(3)12-5/h1-2H,(H,10,11). The first-order valence-corrected chi connectivity index (χ1v) is 3.89. The summed E-state index contributed by atoms with van der Waals surface area (Å²) in [4.78, 5) is 22.5. The van der Waals surface area contributed by atoms with Crippen LogP contribution in [0.2, 0.25) is 0 Å². The summed E-state index contributed by atoms with van der Waals surface area (Å²) in [6.07, 6.45) is 2.86. The van der Waals surface area contributed by atoms with Gasteiger partial charge in [-0.3, -0.25) is 0 Å². The van der Waals surface area contributed by atoms with Crippen LogP contribution in [0.15, 0.2) is 12.5 Å². The number of rotatable bonds is 1. The summed E-state index contributed by atoms with van der Waals surface area (Å²) in [5.41, 5.74) is 0.528. The van der Waals surface area contributed by atoms with Crippen LogP contribution < -0.4 is 0 Å². The van der Waals surface area contributed by atoms with Gasteiger partial charge in [-0.1, -0.05) is 11.3 Å². The van der Waals surface area contributed by atoms with E-state index in [9.17, 15) is 4.79 Å². The molecule has 0 atom stereocenters. The Morgan fingerprint density at radius 3 is 3.08 bits per heavy atom. The van der Waals surface area contributed by atoms with E-state index in [4.69, 9.17) is 5.11 Å². The number of carboxylic acids is 1. The van der Waals surface area contributed by atoms with Gasteiger partial charge in [0.05, 0.1) is 6.20 Å². The van der Waals surface area contributed by atoms with Crippen LogP contribution in [0.3, 0.4) is 0 Å². The molecule has 0 aliphatic rings. The lowest BCUT2D eigenvalue weighted by atomic mass is 10.6. The maximum Gasteiger partial charge on any atom is 0.365 e. The van der Waals surface area contributed by atoms with Crippen molar-refractivity contribution in [1.82, 2.24) is 15.0 Å². The minimum atomic E-state index is -1.03. The highest BCUT2D eigenvalue weighted by molar-refractivity contribution is 7.19. The van der Waals surface area contributed by atoms with Crippen molar-refractivity contribution in [3.05, 3.63) is 17.5 Å². The van der Waals surface area contributed by atoms with E-state index in [0.29, 0.717) is 10.3 Å². The Hall–Kier alpha value is -1.56. The first kappa shape index (κ1) is 7.11. The smallest absolute Gasteiger partial charge is 0.365 e. The molecule has 0 bridgehead atoms. The van der Waals surface area contributed by atoms with E-state index in [1.165, 1.54) is 12.5 Å². The van der Waals surface area contributed by atoms with E-state index in [2.05, 4.69) is 15.0 Å². The maximum absolute atomic E-state index is 10.5. The molecule has 0 radical (unpaired) electrons. The number of hydrogen-bond donors (Lipinski definition) is 1. The minimum Gasteiger partial charge on any atom is -0.476 e. The van der Waals surface area contributed by atoms with Crippen molar-refractivity contribution in [2.24, 2.45) is 0 Å². The third-order valence-corrected chi connectivity index (χ3v) is 2.22. The van der Waals surface area contributed by atoms with Crippen molar-refractivity contribution in [2.45, 2.75) is 0 Å². The summed E-state index contributed by atoms with van der Waals surface area (Å²) in [5, 5.41) is 8.63. The molecule has 2 rings (SSSR count). The molecule has 60 valence electrons. The third kappa shape index (κ3) is 1.02. The molecule has 0 unspecified atom stereocenters. The fourth-order valence-corrected chi connectivity index (χ4v) is 1.50. The Kier molecular flexibility index (Phi) is 1.47. The molecule has 2 aromatic heterocycles. The summed E-state index contributed by atoms with van der Waals surface area (Å²) in [7, 11) is 0. The van der Waals surface area contributed by atoms with E-state index < -0.39 is 5.97 Å². The Bertz CT molecular complexity index is 406. The van der Waals surface area contributed by atoms with Gasteiger partial charge in [0.25, 0.3) is 0 Å². The van der Waals surface area contributed by atoms with E-state index in [1.54, 1.807) is 0 Å². The number of hydrogen-bond acceptors (Lipinski definition) is 5. The average Bonchev–Trinajstić information content (AvgIpc) is 2.46. The Morgan fingerprint density at radius 1 is 1.58 bits per heavy atom. The Balaban J connectivity index is 2.70. The van der Waals surface area contributed by atoms with Crippen molar-refractivity contribution in [1.29, 1.82) is 0 Å². The highest BCUT2D eigenvalue weighted by Gasteiger charge is 2.10. The molecule has 0 aliphatic heterocycles. The van der Waals surface area contributed by atoms with Crippen LogP contribution in [0.1, 0.15) is 9.80 Å². The first-order chi connectivity index (χ1) is 5.77.